The van der Waals surface area contributed by atoms with Crippen LogP contribution in [-0.4, -0.2) is 30.8 Å². The van der Waals surface area contributed by atoms with Gasteiger partial charge in [-0.15, -0.1) is 0 Å². The van der Waals surface area contributed by atoms with Crippen molar-refractivity contribution >= 4 is 5.97 Å². The molecule has 0 atom stereocenters. The molecule has 0 aliphatic carbocycles. The van der Waals surface area contributed by atoms with E-state index >= 15 is 0 Å². The van der Waals surface area contributed by atoms with E-state index in [1.54, 1.807) is 19.1 Å². The van der Waals surface area contributed by atoms with E-state index in [9.17, 15) is 4.79 Å². The molecule has 0 fully saturated rings. The number of furan rings is 1. The van der Waals surface area contributed by atoms with Gasteiger partial charge in [-0.25, -0.2) is 4.79 Å². The number of ether oxygens (including phenoxy) is 1. The molecule has 5 heteroatoms. The Kier molecular flexibility index (Phi) is 5.60. The number of esters is 1. The average Bonchev–Trinajstić information content (AvgIpc) is 2.73. The monoisotopic (exact) mass is 227 g/mol. The zero-order valence-electron chi connectivity index (χ0n) is 9.36. The van der Waals surface area contributed by atoms with Crippen LogP contribution in [0.15, 0.2) is 16.5 Å². The van der Waals surface area contributed by atoms with Crippen molar-refractivity contribution in [1.82, 2.24) is 5.32 Å². The van der Waals surface area contributed by atoms with Crippen LogP contribution in [0, 0.1) is 0 Å². The van der Waals surface area contributed by atoms with Crippen molar-refractivity contribution in [3.05, 3.63) is 23.7 Å². The van der Waals surface area contributed by atoms with Gasteiger partial charge < -0.3 is 19.6 Å². The van der Waals surface area contributed by atoms with Crippen LogP contribution < -0.4 is 5.32 Å². The van der Waals surface area contributed by atoms with Crippen LogP contribution in [0.25, 0.3) is 0 Å². The molecule has 0 bridgehead atoms. The summed E-state index contributed by atoms with van der Waals surface area (Å²) >= 11 is 0. The summed E-state index contributed by atoms with van der Waals surface area (Å²) in [6, 6.07) is 3.33. The molecule has 0 unspecified atom stereocenters. The van der Waals surface area contributed by atoms with E-state index in [-0.39, 0.29) is 12.4 Å². The fraction of sp³-hybridized carbons (Fsp3) is 0.545. The van der Waals surface area contributed by atoms with E-state index in [0.717, 1.165) is 0 Å². The number of aliphatic hydroxyl groups is 1. The molecule has 0 aliphatic heterocycles. The second kappa shape index (κ2) is 7.03. The molecule has 0 saturated carbocycles. The van der Waals surface area contributed by atoms with Gasteiger partial charge in [0.15, 0.2) is 0 Å². The fourth-order valence-corrected chi connectivity index (χ4v) is 1.20. The molecule has 1 aromatic heterocycles. The van der Waals surface area contributed by atoms with E-state index < -0.39 is 5.97 Å². The minimum absolute atomic E-state index is 0.166. The van der Waals surface area contributed by atoms with Crippen LogP contribution in [0.4, 0.5) is 0 Å². The third-order valence-electron chi connectivity index (χ3n) is 1.95. The summed E-state index contributed by atoms with van der Waals surface area (Å²) in [5.74, 6) is 0.464. The van der Waals surface area contributed by atoms with Crippen molar-refractivity contribution in [3.63, 3.8) is 0 Å². The van der Waals surface area contributed by atoms with Gasteiger partial charge in [0.25, 0.3) is 0 Å². The van der Waals surface area contributed by atoms with Gasteiger partial charge in [-0.2, -0.15) is 0 Å². The zero-order chi connectivity index (χ0) is 11.8. The summed E-state index contributed by atoms with van der Waals surface area (Å²) in [7, 11) is 0. The van der Waals surface area contributed by atoms with Crippen LogP contribution in [0.1, 0.15) is 29.7 Å². The SMILES string of the molecule is CCOC(=O)c1ccc(CNCCCO)o1. The van der Waals surface area contributed by atoms with Crippen molar-refractivity contribution in [2.45, 2.75) is 19.9 Å². The molecule has 1 aromatic rings. The summed E-state index contributed by atoms with van der Waals surface area (Å²) in [5.41, 5.74) is 0. The lowest BCUT2D eigenvalue weighted by atomic mass is 10.4. The van der Waals surface area contributed by atoms with Crippen LogP contribution in [0.2, 0.25) is 0 Å². The number of carbonyl (C=O) groups is 1. The molecule has 1 heterocycles. The molecule has 0 aliphatic rings. The number of nitrogens with one attached hydrogen (secondary N) is 1. The summed E-state index contributed by atoms with van der Waals surface area (Å²) in [4.78, 5) is 11.3. The summed E-state index contributed by atoms with van der Waals surface area (Å²) in [5, 5.41) is 11.7. The number of hydrogen-bond donors (Lipinski definition) is 2. The maximum Gasteiger partial charge on any atom is 0.374 e. The number of rotatable bonds is 7. The summed E-state index contributed by atoms with van der Waals surface area (Å²) in [6.45, 7) is 3.51. The molecule has 0 aromatic carbocycles. The highest BCUT2D eigenvalue weighted by Crippen LogP contribution is 2.08. The van der Waals surface area contributed by atoms with Crippen molar-refractivity contribution in [1.29, 1.82) is 0 Å². The summed E-state index contributed by atoms with van der Waals surface area (Å²) in [6.07, 6.45) is 0.700. The van der Waals surface area contributed by atoms with Crippen LogP contribution in [0.5, 0.6) is 0 Å². The van der Waals surface area contributed by atoms with Crippen molar-refractivity contribution in [2.75, 3.05) is 19.8 Å². The fourth-order valence-electron chi connectivity index (χ4n) is 1.20. The van der Waals surface area contributed by atoms with Gasteiger partial charge in [-0.05, 0) is 32.0 Å². The molecule has 2 N–H and O–H groups in total. The number of hydrogen-bond acceptors (Lipinski definition) is 5. The van der Waals surface area contributed by atoms with Gasteiger partial charge in [0.05, 0.1) is 13.2 Å². The van der Waals surface area contributed by atoms with Gasteiger partial charge in [0, 0.05) is 6.61 Å². The maximum absolute atomic E-state index is 11.3. The molecular formula is C11H17NO4. The van der Waals surface area contributed by atoms with Gasteiger partial charge in [0.1, 0.15) is 5.76 Å². The summed E-state index contributed by atoms with van der Waals surface area (Å²) < 4.78 is 10.1. The minimum atomic E-state index is -0.441. The van der Waals surface area contributed by atoms with Crippen LogP contribution >= 0.6 is 0 Å². The Morgan fingerprint density at radius 1 is 1.56 bits per heavy atom. The van der Waals surface area contributed by atoms with Gasteiger partial charge in [0.2, 0.25) is 5.76 Å². The molecule has 0 saturated heterocycles. The lowest BCUT2D eigenvalue weighted by Crippen LogP contribution is -2.15. The Hall–Kier alpha value is -1.33. The molecule has 0 amide bonds. The average molecular weight is 227 g/mol. The first-order valence-electron chi connectivity index (χ1n) is 5.35. The Labute approximate surface area is 94.4 Å². The molecular weight excluding hydrogens is 210 g/mol. The Morgan fingerprint density at radius 3 is 3.06 bits per heavy atom. The Bertz CT molecular complexity index is 322. The zero-order valence-corrected chi connectivity index (χ0v) is 9.36. The number of carbonyl (C=O) groups excluding carboxylic acids is 1. The van der Waals surface area contributed by atoms with Gasteiger partial charge in [-0.3, -0.25) is 0 Å². The third kappa shape index (κ3) is 4.04. The molecule has 16 heavy (non-hydrogen) atoms. The Balaban J connectivity index is 2.36. The molecule has 0 radical (unpaired) electrons. The normalized spacial score (nSPS) is 10.4. The lowest BCUT2D eigenvalue weighted by molar-refractivity contribution is 0.0488. The standard InChI is InChI=1S/C11H17NO4/c1-2-15-11(14)10-5-4-9(16-10)8-12-6-3-7-13/h4-5,12-13H,2-3,6-8H2,1H3. The predicted octanol–water partition coefficient (Wildman–Crippen LogP) is 0.928. The van der Waals surface area contributed by atoms with E-state index in [1.165, 1.54) is 0 Å². The first-order valence-corrected chi connectivity index (χ1v) is 5.35. The first kappa shape index (κ1) is 12.7. The van der Waals surface area contributed by atoms with E-state index in [1.807, 2.05) is 0 Å². The molecule has 5 nitrogen and oxygen atoms in total. The minimum Gasteiger partial charge on any atom is -0.460 e. The van der Waals surface area contributed by atoms with Gasteiger partial charge >= 0.3 is 5.97 Å². The Morgan fingerprint density at radius 2 is 2.38 bits per heavy atom. The topological polar surface area (TPSA) is 71.7 Å². The van der Waals surface area contributed by atoms with E-state index in [2.05, 4.69) is 5.32 Å². The largest absolute Gasteiger partial charge is 0.460 e. The van der Waals surface area contributed by atoms with Crippen LogP contribution in [0.3, 0.4) is 0 Å². The van der Waals surface area contributed by atoms with Crippen molar-refractivity contribution < 1.29 is 19.1 Å². The quantitative estimate of drug-likeness (QED) is 0.535. The maximum atomic E-state index is 11.3. The van der Waals surface area contributed by atoms with Crippen LogP contribution in [-0.2, 0) is 11.3 Å². The second-order valence-electron chi connectivity index (χ2n) is 3.24. The molecule has 0 spiro atoms. The highest BCUT2D eigenvalue weighted by atomic mass is 16.5. The van der Waals surface area contributed by atoms with E-state index in [0.29, 0.717) is 31.9 Å². The number of aliphatic hydroxyl groups excluding tert-OH is 1. The first-order chi connectivity index (χ1) is 7.77. The van der Waals surface area contributed by atoms with E-state index in [4.69, 9.17) is 14.3 Å². The second-order valence-corrected chi connectivity index (χ2v) is 3.24. The predicted molar refractivity (Wildman–Crippen MR) is 58.1 cm³/mol. The van der Waals surface area contributed by atoms with Crippen molar-refractivity contribution in [3.8, 4) is 0 Å². The molecule has 1 rings (SSSR count). The third-order valence-corrected chi connectivity index (χ3v) is 1.95. The van der Waals surface area contributed by atoms with Crippen molar-refractivity contribution in [2.24, 2.45) is 0 Å². The highest BCUT2D eigenvalue weighted by Gasteiger charge is 2.11. The lowest BCUT2D eigenvalue weighted by Gasteiger charge is -2.00. The molecule has 90 valence electrons. The smallest absolute Gasteiger partial charge is 0.374 e. The van der Waals surface area contributed by atoms with Gasteiger partial charge in [-0.1, -0.05) is 0 Å². The highest BCUT2D eigenvalue weighted by molar-refractivity contribution is 5.86.